The molecule has 4 nitrogen and oxygen atoms in total. The molecular formula is C15H15ClF3NO3S. The van der Waals surface area contributed by atoms with E-state index in [1.165, 1.54) is 11.8 Å². The van der Waals surface area contributed by atoms with Gasteiger partial charge in [-0.1, -0.05) is 23.7 Å². The highest BCUT2D eigenvalue weighted by atomic mass is 35.5. The van der Waals surface area contributed by atoms with Crippen molar-refractivity contribution >= 4 is 35.2 Å². The zero-order valence-corrected chi connectivity index (χ0v) is 14.0. The lowest BCUT2D eigenvalue weighted by Gasteiger charge is -2.27. The maximum absolute atomic E-state index is 13.1. The molecule has 1 aliphatic heterocycles. The molecule has 1 heterocycles. The monoisotopic (exact) mass is 381 g/mol. The summed E-state index contributed by atoms with van der Waals surface area (Å²) >= 11 is 7.02. The number of carbonyl (C=O) groups is 2. The summed E-state index contributed by atoms with van der Waals surface area (Å²) in [6.07, 6.45) is -5.50. The van der Waals surface area contributed by atoms with Gasteiger partial charge in [0.25, 0.3) is 0 Å². The highest BCUT2D eigenvalue weighted by Gasteiger charge is 2.64. The molecule has 1 amide bonds. The van der Waals surface area contributed by atoms with E-state index >= 15 is 0 Å². The Kier molecular flexibility index (Phi) is 5.70. The Morgan fingerprint density at radius 2 is 1.92 bits per heavy atom. The fourth-order valence-corrected chi connectivity index (χ4v) is 3.49. The van der Waals surface area contributed by atoms with Gasteiger partial charge in [0.2, 0.25) is 5.91 Å². The zero-order chi connectivity index (χ0) is 18.0. The Bertz CT molecular complexity index is 623. The Morgan fingerprint density at radius 3 is 2.42 bits per heavy atom. The van der Waals surface area contributed by atoms with Crippen molar-refractivity contribution < 1.29 is 27.9 Å². The number of likely N-dealkylation sites (tertiary alicyclic amines) is 1. The van der Waals surface area contributed by atoms with Crippen LogP contribution in [0.4, 0.5) is 13.2 Å². The molecule has 1 atom stereocenters. The van der Waals surface area contributed by atoms with Crippen LogP contribution in [0.1, 0.15) is 12.0 Å². The van der Waals surface area contributed by atoms with Crippen molar-refractivity contribution in [2.24, 2.45) is 5.41 Å². The van der Waals surface area contributed by atoms with Gasteiger partial charge in [-0.25, -0.2) is 0 Å². The van der Waals surface area contributed by atoms with Gasteiger partial charge >= 0.3 is 12.1 Å². The van der Waals surface area contributed by atoms with Crippen molar-refractivity contribution in [2.45, 2.75) is 18.3 Å². The molecule has 0 aliphatic carbocycles. The third kappa shape index (κ3) is 3.97. The Morgan fingerprint density at radius 1 is 1.29 bits per heavy atom. The molecule has 0 spiro atoms. The summed E-state index contributed by atoms with van der Waals surface area (Å²) in [5.41, 5.74) is -1.92. The molecule has 1 saturated heterocycles. The van der Waals surface area contributed by atoms with Crippen molar-refractivity contribution in [1.82, 2.24) is 4.90 Å². The van der Waals surface area contributed by atoms with Gasteiger partial charge in [-0.15, -0.1) is 11.8 Å². The maximum Gasteiger partial charge on any atom is 0.406 e. The lowest BCUT2D eigenvalue weighted by atomic mass is 9.86. The van der Waals surface area contributed by atoms with Crippen molar-refractivity contribution in [3.8, 4) is 0 Å². The second kappa shape index (κ2) is 7.23. The average Bonchev–Trinajstić information content (AvgIpc) is 2.96. The average molecular weight is 382 g/mol. The highest BCUT2D eigenvalue weighted by Crippen LogP contribution is 2.45. The van der Waals surface area contributed by atoms with Crippen LogP contribution in [-0.4, -0.2) is 46.9 Å². The van der Waals surface area contributed by atoms with E-state index < -0.39 is 36.4 Å². The number of thioether (sulfide) groups is 1. The van der Waals surface area contributed by atoms with Crippen molar-refractivity contribution in [3.05, 3.63) is 34.9 Å². The summed E-state index contributed by atoms with van der Waals surface area (Å²) in [7, 11) is 0. The van der Waals surface area contributed by atoms with Crippen molar-refractivity contribution in [1.29, 1.82) is 0 Å². The molecule has 0 radical (unpaired) electrons. The van der Waals surface area contributed by atoms with E-state index in [1.54, 1.807) is 24.3 Å². The number of rotatable bonds is 5. The number of carboxylic acids is 1. The van der Waals surface area contributed by atoms with E-state index in [1.807, 2.05) is 0 Å². The zero-order valence-electron chi connectivity index (χ0n) is 12.5. The van der Waals surface area contributed by atoms with E-state index in [0.717, 1.165) is 10.5 Å². The summed E-state index contributed by atoms with van der Waals surface area (Å²) in [5.74, 6) is -1.91. The minimum atomic E-state index is -4.88. The first-order valence-corrected chi connectivity index (χ1v) is 8.59. The van der Waals surface area contributed by atoms with Crippen LogP contribution >= 0.6 is 23.4 Å². The number of alkyl halides is 3. The van der Waals surface area contributed by atoms with Gasteiger partial charge in [-0.05, 0) is 24.1 Å². The second-order valence-electron chi connectivity index (χ2n) is 5.57. The Labute approximate surface area is 146 Å². The van der Waals surface area contributed by atoms with Crippen LogP contribution in [0.3, 0.4) is 0 Å². The number of benzene rings is 1. The molecule has 132 valence electrons. The molecule has 1 unspecified atom stereocenters. The number of hydrogen-bond acceptors (Lipinski definition) is 3. The Balaban J connectivity index is 1.90. The third-order valence-corrected chi connectivity index (χ3v) is 5.22. The number of carboxylic acid groups (broad SMARTS) is 1. The van der Waals surface area contributed by atoms with Crippen LogP contribution in [0.2, 0.25) is 5.02 Å². The molecule has 0 bridgehead atoms. The smallest absolute Gasteiger partial charge is 0.406 e. The van der Waals surface area contributed by atoms with Gasteiger partial charge in [0.15, 0.2) is 5.41 Å². The summed E-state index contributed by atoms with van der Waals surface area (Å²) in [5, 5.41) is 9.56. The first-order chi connectivity index (χ1) is 11.2. The van der Waals surface area contributed by atoms with Crippen molar-refractivity contribution in [3.63, 3.8) is 0 Å². The largest absolute Gasteiger partial charge is 0.481 e. The van der Waals surface area contributed by atoms with E-state index in [9.17, 15) is 22.8 Å². The molecule has 0 aromatic heterocycles. The van der Waals surface area contributed by atoms with E-state index in [4.69, 9.17) is 16.7 Å². The van der Waals surface area contributed by atoms with Gasteiger partial charge < -0.3 is 10.0 Å². The molecule has 24 heavy (non-hydrogen) atoms. The number of hydrogen-bond donors (Lipinski definition) is 1. The number of carbonyl (C=O) groups excluding carboxylic acids is 1. The molecule has 1 aliphatic rings. The topological polar surface area (TPSA) is 57.6 Å². The lowest BCUT2D eigenvalue weighted by Crippen LogP contribution is -2.48. The predicted molar refractivity (Wildman–Crippen MR) is 84.9 cm³/mol. The number of amides is 1. The third-order valence-electron chi connectivity index (χ3n) is 3.98. The van der Waals surface area contributed by atoms with Crippen LogP contribution in [0, 0.1) is 5.41 Å². The quantitative estimate of drug-likeness (QED) is 0.848. The van der Waals surface area contributed by atoms with Crippen LogP contribution in [0.5, 0.6) is 0 Å². The molecule has 1 aromatic rings. The van der Waals surface area contributed by atoms with Gasteiger partial charge in [0, 0.05) is 23.9 Å². The van der Waals surface area contributed by atoms with Crippen LogP contribution in [-0.2, 0) is 15.3 Å². The van der Waals surface area contributed by atoms with E-state index in [-0.39, 0.29) is 12.3 Å². The Hall–Kier alpha value is -1.41. The number of halogens is 4. The van der Waals surface area contributed by atoms with Gasteiger partial charge in [-0.2, -0.15) is 13.2 Å². The molecule has 1 N–H and O–H groups in total. The van der Waals surface area contributed by atoms with Gasteiger partial charge in [0.05, 0.1) is 5.75 Å². The molecule has 1 fully saturated rings. The van der Waals surface area contributed by atoms with Gasteiger partial charge in [-0.3, -0.25) is 9.59 Å². The van der Waals surface area contributed by atoms with E-state index in [0.29, 0.717) is 10.8 Å². The molecule has 9 heteroatoms. The van der Waals surface area contributed by atoms with Crippen LogP contribution in [0.15, 0.2) is 24.3 Å². The van der Waals surface area contributed by atoms with E-state index in [2.05, 4.69) is 0 Å². The molecule has 0 saturated carbocycles. The normalized spacial score (nSPS) is 21.1. The second-order valence-corrected chi connectivity index (χ2v) is 6.99. The number of aliphatic carboxylic acids is 1. The predicted octanol–water partition coefficient (Wildman–Crippen LogP) is 3.44. The number of nitrogens with zero attached hydrogens (tertiary/aromatic N) is 1. The van der Waals surface area contributed by atoms with Crippen LogP contribution < -0.4 is 0 Å². The summed E-state index contributed by atoms with van der Waals surface area (Å²) in [6.45, 7) is -1.03. The SMILES string of the molecule is O=C(CSCc1ccc(Cl)cc1)N1CCC(C(=O)O)(C(F)(F)F)C1. The van der Waals surface area contributed by atoms with Gasteiger partial charge in [0.1, 0.15) is 0 Å². The fraction of sp³-hybridized carbons (Fsp3) is 0.467. The first-order valence-electron chi connectivity index (χ1n) is 7.06. The molecule has 1 aromatic carbocycles. The van der Waals surface area contributed by atoms with Crippen LogP contribution in [0.25, 0.3) is 0 Å². The summed E-state index contributed by atoms with van der Waals surface area (Å²) in [4.78, 5) is 24.1. The summed E-state index contributed by atoms with van der Waals surface area (Å²) < 4.78 is 39.2. The standard InChI is InChI=1S/C15H15ClF3NO3S/c16-11-3-1-10(2-4-11)7-24-8-12(21)20-6-5-14(9-20,13(22)23)15(17,18)19/h1-4H,5-9H2,(H,22,23). The minimum absolute atomic E-state index is 0.00379. The van der Waals surface area contributed by atoms with Crippen molar-refractivity contribution in [2.75, 3.05) is 18.8 Å². The maximum atomic E-state index is 13.1. The highest BCUT2D eigenvalue weighted by molar-refractivity contribution is 7.99. The summed E-state index contributed by atoms with van der Waals surface area (Å²) in [6, 6.07) is 7.03. The lowest BCUT2D eigenvalue weighted by molar-refractivity contribution is -0.227. The molecule has 2 rings (SSSR count). The first kappa shape index (κ1) is 18.9. The minimum Gasteiger partial charge on any atom is -0.481 e. The fourth-order valence-electron chi connectivity index (χ4n) is 2.48. The molecular weight excluding hydrogens is 367 g/mol.